The van der Waals surface area contributed by atoms with Gasteiger partial charge in [0.25, 0.3) is 0 Å². The summed E-state index contributed by atoms with van der Waals surface area (Å²) in [6, 6.07) is 49.9. The van der Waals surface area contributed by atoms with Gasteiger partial charge in [-0.2, -0.15) is 0 Å². The lowest BCUT2D eigenvalue weighted by molar-refractivity contribution is 0.592. The summed E-state index contributed by atoms with van der Waals surface area (Å²) in [5.74, 6) is 0. The molecule has 3 heteroatoms. The van der Waals surface area contributed by atoms with Gasteiger partial charge in [-0.05, 0) is 45.8 Å². The van der Waals surface area contributed by atoms with Crippen LogP contribution in [0.15, 0.2) is 146 Å². The van der Waals surface area contributed by atoms with Gasteiger partial charge in [-0.3, -0.25) is 0 Å². The van der Waals surface area contributed by atoms with Crippen molar-refractivity contribution in [3.05, 3.63) is 157 Å². The minimum atomic E-state index is -3.06. The molecule has 0 fully saturated rings. The number of hydrogen-bond donors (Lipinski definition) is 0. The number of rotatable bonds is 4. The Bertz CT molecular complexity index is 2170. The third-order valence-electron chi connectivity index (χ3n) is 9.15. The minimum absolute atomic E-state index is 0.106. The molecule has 7 aromatic rings. The molecule has 0 N–H and O–H groups in total. The van der Waals surface area contributed by atoms with E-state index >= 15 is 0 Å². The van der Waals surface area contributed by atoms with Crippen molar-refractivity contribution >= 4 is 44.7 Å². The van der Waals surface area contributed by atoms with E-state index < -0.39 is 7.14 Å². The maximum Gasteiger partial charge on any atom is 0.171 e. The van der Waals surface area contributed by atoms with Crippen LogP contribution in [0.3, 0.4) is 0 Å². The molecule has 1 heterocycles. The Balaban J connectivity index is 1.34. The summed E-state index contributed by atoms with van der Waals surface area (Å²) < 4.78 is 14.9. The lowest BCUT2D eigenvalue weighted by atomic mass is 9.81. The van der Waals surface area contributed by atoms with Crippen molar-refractivity contribution in [1.82, 2.24) is 4.98 Å². The summed E-state index contributed by atoms with van der Waals surface area (Å²) in [5.41, 5.74) is 8.13. The highest BCUT2D eigenvalue weighted by atomic mass is 31.2. The quantitative estimate of drug-likeness (QED) is 0.156. The summed E-state index contributed by atoms with van der Waals surface area (Å²) in [5, 5.41) is 5.98. The summed E-state index contributed by atoms with van der Waals surface area (Å²) in [6.07, 6.45) is 0. The van der Waals surface area contributed by atoms with Crippen molar-refractivity contribution in [1.29, 1.82) is 0 Å². The fourth-order valence-electron chi connectivity index (χ4n) is 6.92. The Kier molecular flexibility index (Phi) is 5.80. The van der Waals surface area contributed by atoms with Crippen LogP contribution < -0.4 is 15.9 Å². The highest BCUT2D eigenvalue weighted by Gasteiger charge is 2.36. The number of pyridine rings is 1. The Labute approximate surface area is 252 Å². The molecular weight excluding hydrogens is 541 g/mol. The maximum absolute atomic E-state index is 14.9. The number of para-hydroxylation sites is 1. The molecule has 206 valence electrons. The lowest BCUT2D eigenvalue weighted by Gasteiger charge is -2.22. The fraction of sp³-hybridized carbons (Fsp3) is 0.0750. The zero-order chi connectivity index (χ0) is 29.2. The Morgan fingerprint density at radius 1 is 0.512 bits per heavy atom. The minimum Gasteiger partial charge on any atom is -0.309 e. The highest BCUT2D eigenvalue weighted by Crippen LogP contribution is 2.51. The van der Waals surface area contributed by atoms with Gasteiger partial charge in [-0.15, -0.1) is 0 Å². The van der Waals surface area contributed by atoms with Crippen molar-refractivity contribution in [2.24, 2.45) is 0 Å². The number of aromatic nitrogens is 1. The summed E-state index contributed by atoms with van der Waals surface area (Å²) in [6.45, 7) is 4.63. The SMILES string of the molecule is CC1(C)c2ccccc2-c2cc3c(cc21)c(-c1ccc(P(=O)(c2ccccc2)c2ccccc2)cc1)nc1ccccc13. The van der Waals surface area contributed by atoms with Crippen LogP contribution in [0.1, 0.15) is 25.0 Å². The molecule has 0 radical (unpaired) electrons. The van der Waals surface area contributed by atoms with Gasteiger partial charge >= 0.3 is 0 Å². The third-order valence-corrected chi connectivity index (χ3v) is 12.2. The van der Waals surface area contributed by atoms with Crippen molar-refractivity contribution in [2.45, 2.75) is 19.3 Å². The van der Waals surface area contributed by atoms with Crippen LogP contribution in [0.2, 0.25) is 0 Å². The summed E-state index contributed by atoms with van der Waals surface area (Å²) in [4.78, 5) is 5.24. The molecule has 8 rings (SSSR count). The van der Waals surface area contributed by atoms with Gasteiger partial charge in [0, 0.05) is 37.7 Å². The zero-order valence-corrected chi connectivity index (χ0v) is 25.1. The van der Waals surface area contributed by atoms with E-state index in [1.165, 1.54) is 27.6 Å². The summed E-state index contributed by atoms with van der Waals surface area (Å²) >= 11 is 0. The molecule has 1 aliphatic carbocycles. The standard InChI is InChI=1S/C40H30NOP/c1-40(2)36-19-11-9-17-31(36)34-25-33-32-18-10-12-20-38(32)41-39(35(33)26-37(34)40)27-21-23-30(24-22-27)43(42,28-13-5-3-6-14-28)29-15-7-4-8-16-29/h3-26H,1-2H3. The van der Waals surface area contributed by atoms with Crippen LogP contribution in [0, 0.1) is 0 Å². The van der Waals surface area contributed by atoms with Crippen LogP contribution in [-0.4, -0.2) is 4.98 Å². The second-order valence-electron chi connectivity index (χ2n) is 11.9. The van der Waals surface area contributed by atoms with E-state index in [0.717, 1.165) is 43.5 Å². The van der Waals surface area contributed by atoms with Gasteiger partial charge in [-0.25, -0.2) is 4.98 Å². The predicted octanol–water partition coefficient (Wildman–Crippen LogP) is 9.00. The molecular formula is C40H30NOP. The lowest BCUT2D eigenvalue weighted by Crippen LogP contribution is -2.24. The Morgan fingerprint density at radius 3 is 1.79 bits per heavy atom. The molecule has 0 aliphatic heterocycles. The van der Waals surface area contributed by atoms with Crippen LogP contribution in [0.25, 0.3) is 44.1 Å². The van der Waals surface area contributed by atoms with E-state index in [9.17, 15) is 4.57 Å². The van der Waals surface area contributed by atoms with Crippen LogP contribution in [0.5, 0.6) is 0 Å². The fourth-order valence-corrected chi connectivity index (χ4v) is 9.57. The predicted molar refractivity (Wildman–Crippen MR) is 182 cm³/mol. The third kappa shape index (κ3) is 3.87. The van der Waals surface area contributed by atoms with Gasteiger partial charge < -0.3 is 4.57 Å². The van der Waals surface area contributed by atoms with Gasteiger partial charge in [0.15, 0.2) is 7.14 Å². The van der Waals surface area contributed by atoms with E-state index in [1.54, 1.807) is 0 Å². The van der Waals surface area contributed by atoms with E-state index in [4.69, 9.17) is 4.98 Å². The van der Waals surface area contributed by atoms with E-state index in [1.807, 2.05) is 72.8 Å². The van der Waals surface area contributed by atoms with Crippen molar-refractivity contribution in [3.8, 4) is 22.4 Å². The first-order chi connectivity index (χ1) is 21.0. The van der Waals surface area contributed by atoms with E-state index in [-0.39, 0.29) is 5.41 Å². The molecule has 2 nitrogen and oxygen atoms in total. The van der Waals surface area contributed by atoms with Gasteiger partial charge in [0.2, 0.25) is 0 Å². The average molecular weight is 572 g/mol. The first kappa shape index (κ1) is 25.9. The highest BCUT2D eigenvalue weighted by molar-refractivity contribution is 7.85. The Morgan fingerprint density at radius 2 is 1.09 bits per heavy atom. The molecule has 6 aromatic carbocycles. The van der Waals surface area contributed by atoms with Crippen molar-refractivity contribution in [2.75, 3.05) is 0 Å². The monoisotopic (exact) mass is 571 g/mol. The normalized spacial score (nSPS) is 13.6. The smallest absolute Gasteiger partial charge is 0.171 e. The number of hydrogen-bond acceptors (Lipinski definition) is 2. The number of fused-ring (bicyclic) bond motifs is 6. The second-order valence-corrected chi connectivity index (χ2v) is 14.7. The second kappa shape index (κ2) is 9.63. The first-order valence-electron chi connectivity index (χ1n) is 14.8. The molecule has 43 heavy (non-hydrogen) atoms. The Hall–Kier alpha value is -4.78. The molecule has 1 aromatic heterocycles. The maximum atomic E-state index is 14.9. The molecule has 0 bridgehead atoms. The van der Waals surface area contributed by atoms with Crippen molar-refractivity contribution < 1.29 is 4.57 Å². The zero-order valence-electron chi connectivity index (χ0n) is 24.2. The average Bonchev–Trinajstić information content (AvgIpc) is 3.29. The summed E-state index contributed by atoms with van der Waals surface area (Å²) in [7, 11) is -3.06. The topological polar surface area (TPSA) is 30.0 Å². The molecule has 0 amide bonds. The largest absolute Gasteiger partial charge is 0.309 e. The van der Waals surface area contributed by atoms with Gasteiger partial charge in [0.05, 0.1) is 11.2 Å². The van der Waals surface area contributed by atoms with Crippen LogP contribution in [-0.2, 0) is 9.98 Å². The van der Waals surface area contributed by atoms with Gasteiger partial charge in [0.1, 0.15) is 0 Å². The van der Waals surface area contributed by atoms with Crippen molar-refractivity contribution in [3.63, 3.8) is 0 Å². The van der Waals surface area contributed by atoms with E-state index in [0.29, 0.717) is 0 Å². The van der Waals surface area contributed by atoms with Gasteiger partial charge in [-0.1, -0.05) is 141 Å². The molecule has 1 aliphatic rings. The number of nitrogens with zero attached hydrogens (tertiary/aromatic N) is 1. The molecule has 0 spiro atoms. The number of benzene rings is 6. The molecule has 0 unspecified atom stereocenters. The molecule has 0 saturated carbocycles. The molecule has 0 saturated heterocycles. The van der Waals surface area contributed by atoms with Crippen LogP contribution in [0.4, 0.5) is 0 Å². The van der Waals surface area contributed by atoms with Crippen LogP contribution >= 0.6 is 7.14 Å². The molecule has 0 atom stereocenters. The first-order valence-corrected chi connectivity index (χ1v) is 16.5. The van der Waals surface area contributed by atoms with E-state index in [2.05, 4.69) is 86.6 Å².